The van der Waals surface area contributed by atoms with Gasteiger partial charge in [0.1, 0.15) is 0 Å². The van der Waals surface area contributed by atoms with E-state index in [1.807, 2.05) is 41.3 Å². The molecule has 2 amide bonds. The Morgan fingerprint density at radius 2 is 1.74 bits per heavy atom. The van der Waals surface area contributed by atoms with E-state index in [1.165, 1.54) is 5.56 Å². The SMILES string of the molecule is Cc1ccc2c(c1)[C@@H]1C[N@+](C)(CC(=O)Nc3ccccc3Cl)CC[C@@H]1N2C(=O)c1ccccc1Cl. The third-order valence-corrected chi connectivity index (χ3v) is 7.90. The van der Waals surface area contributed by atoms with Gasteiger partial charge in [-0.05, 0) is 42.8 Å². The summed E-state index contributed by atoms with van der Waals surface area (Å²) in [6.07, 6.45) is 0.796. The Labute approximate surface area is 215 Å². The number of piperidine rings is 1. The lowest BCUT2D eigenvalue weighted by Gasteiger charge is -2.44. The number of hydrogen-bond acceptors (Lipinski definition) is 2. The van der Waals surface area contributed by atoms with Crippen molar-refractivity contribution in [2.45, 2.75) is 25.3 Å². The van der Waals surface area contributed by atoms with E-state index in [2.05, 4.69) is 25.4 Å². The average Bonchev–Trinajstić information content (AvgIpc) is 3.12. The van der Waals surface area contributed by atoms with Gasteiger partial charge in [-0.15, -0.1) is 0 Å². The van der Waals surface area contributed by atoms with E-state index in [4.69, 9.17) is 23.2 Å². The second-order valence-corrected chi connectivity index (χ2v) is 10.7. The summed E-state index contributed by atoms with van der Waals surface area (Å²) in [6.45, 7) is 3.97. The van der Waals surface area contributed by atoms with E-state index in [-0.39, 0.29) is 23.8 Å². The number of halogens is 2. The fraction of sp³-hybridized carbons (Fsp3) is 0.286. The minimum absolute atomic E-state index is 0.0356. The zero-order valence-electron chi connectivity index (χ0n) is 19.8. The number of likely N-dealkylation sites (tertiary alicyclic amines) is 1. The maximum Gasteiger partial charge on any atom is 0.279 e. The topological polar surface area (TPSA) is 49.4 Å². The Morgan fingerprint density at radius 1 is 1.03 bits per heavy atom. The zero-order chi connectivity index (χ0) is 24.7. The highest BCUT2D eigenvalue weighted by atomic mass is 35.5. The second kappa shape index (κ2) is 9.30. The molecule has 2 aliphatic heterocycles. The van der Waals surface area contributed by atoms with Crippen LogP contribution < -0.4 is 10.2 Å². The molecule has 0 spiro atoms. The highest BCUT2D eigenvalue weighted by molar-refractivity contribution is 6.34. The highest BCUT2D eigenvalue weighted by Crippen LogP contribution is 2.47. The number of nitrogens with one attached hydrogen (secondary N) is 1. The summed E-state index contributed by atoms with van der Waals surface area (Å²) in [5.74, 6) is 0.00878. The van der Waals surface area contributed by atoms with E-state index in [0.717, 1.165) is 30.8 Å². The van der Waals surface area contributed by atoms with Crippen LogP contribution in [-0.2, 0) is 4.79 Å². The van der Waals surface area contributed by atoms with Gasteiger partial charge in [-0.25, -0.2) is 0 Å². The number of carbonyl (C=O) groups is 2. The number of carbonyl (C=O) groups excluding carboxylic acids is 2. The lowest BCUT2D eigenvalue weighted by molar-refractivity contribution is -0.907. The number of rotatable bonds is 4. The number of nitrogens with zero attached hydrogens (tertiary/aromatic N) is 2. The van der Waals surface area contributed by atoms with Crippen LogP contribution in [0.1, 0.15) is 33.8 Å². The summed E-state index contributed by atoms with van der Waals surface area (Å²) in [4.78, 5) is 28.6. The number of para-hydroxylation sites is 1. The molecule has 0 radical (unpaired) electrons. The lowest BCUT2D eigenvalue weighted by atomic mass is 9.87. The number of quaternary nitrogens is 1. The van der Waals surface area contributed by atoms with Crippen molar-refractivity contribution in [1.82, 2.24) is 0 Å². The minimum Gasteiger partial charge on any atom is -0.320 e. The van der Waals surface area contributed by atoms with Crippen molar-refractivity contribution < 1.29 is 14.1 Å². The zero-order valence-corrected chi connectivity index (χ0v) is 21.3. The van der Waals surface area contributed by atoms with Gasteiger partial charge in [-0.2, -0.15) is 0 Å². The van der Waals surface area contributed by atoms with E-state index in [9.17, 15) is 9.59 Å². The Kier molecular flexibility index (Phi) is 6.34. The van der Waals surface area contributed by atoms with Crippen LogP contribution in [0.15, 0.2) is 66.7 Å². The second-order valence-electron chi connectivity index (χ2n) is 9.89. The van der Waals surface area contributed by atoms with Crippen molar-refractivity contribution in [3.63, 3.8) is 0 Å². The van der Waals surface area contributed by atoms with Crippen LogP contribution in [0, 0.1) is 6.92 Å². The van der Waals surface area contributed by atoms with Gasteiger partial charge in [0.05, 0.1) is 53.4 Å². The molecule has 0 saturated carbocycles. The molecule has 3 aromatic carbocycles. The smallest absolute Gasteiger partial charge is 0.279 e. The molecule has 35 heavy (non-hydrogen) atoms. The summed E-state index contributed by atoms with van der Waals surface area (Å²) < 4.78 is 0.596. The molecular formula is C28H28Cl2N3O2+. The molecule has 1 N–H and O–H groups in total. The molecule has 3 aromatic rings. The van der Waals surface area contributed by atoms with Gasteiger partial charge in [0.15, 0.2) is 6.54 Å². The van der Waals surface area contributed by atoms with Crippen LogP contribution in [0.3, 0.4) is 0 Å². The van der Waals surface area contributed by atoms with Crippen LogP contribution in [-0.4, -0.2) is 49.0 Å². The molecule has 1 fully saturated rings. The largest absolute Gasteiger partial charge is 0.320 e. The monoisotopic (exact) mass is 508 g/mol. The standard InChI is InChI=1S/C28H27Cl2N3O2/c1-18-11-12-25-20(15-18)21-16-33(2,17-27(34)31-24-10-6-5-9-23(24)30)14-13-26(21)32(25)28(35)19-7-3-4-8-22(19)29/h3-12,15,21,26H,13-14,16-17H2,1-2H3/p+1/t21-,26-,33+/m0/s1. The van der Waals surface area contributed by atoms with Gasteiger partial charge in [0.25, 0.3) is 11.8 Å². The number of anilines is 2. The predicted molar refractivity (Wildman–Crippen MR) is 141 cm³/mol. The third-order valence-electron chi connectivity index (χ3n) is 7.24. The van der Waals surface area contributed by atoms with Gasteiger partial charge in [0.2, 0.25) is 0 Å². The molecular weight excluding hydrogens is 481 g/mol. The number of amides is 2. The molecule has 7 heteroatoms. The molecule has 0 aromatic heterocycles. The molecule has 2 aliphatic rings. The van der Waals surface area contributed by atoms with Crippen LogP contribution in [0.2, 0.25) is 10.0 Å². The fourth-order valence-electron chi connectivity index (χ4n) is 5.58. The molecule has 0 bridgehead atoms. The van der Waals surface area contributed by atoms with Crippen molar-refractivity contribution in [3.05, 3.63) is 93.5 Å². The first kappa shape index (κ1) is 23.9. The first-order valence-corrected chi connectivity index (χ1v) is 12.6. The first-order chi connectivity index (χ1) is 16.8. The average molecular weight is 509 g/mol. The summed E-state index contributed by atoms with van der Waals surface area (Å²) in [5.41, 5.74) is 4.42. The number of aryl methyl sites for hydroxylation is 1. The van der Waals surface area contributed by atoms with Crippen molar-refractivity contribution in [2.75, 3.05) is 36.9 Å². The number of fused-ring (bicyclic) bond motifs is 3. The molecule has 180 valence electrons. The third kappa shape index (κ3) is 4.56. The Balaban J connectivity index is 1.41. The van der Waals surface area contributed by atoms with Crippen LogP contribution in [0.5, 0.6) is 0 Å². The summed E-state index contributed by atoms with van der Waals surface area (Å²) in [5, 5.41) is 3.94. The van der Waals surface area contributed by atoms with Crippen molar-refractivity contribution in [1.29, 1.82) is 0 Å². The van der Waals surface area contributed by atoms with E-state index in [1.54, 1.807) is 24.3 Å². The van der Waals surface area contributed by atoms with E-state index < -0.39 is 0 Å². The summed E-state index contributed by atoms with van der Waals surface area (Å²) in [6, 6.07) is 20.8. The highest BCUT2D eigenvalue weighted by Gasteiger charge is 2.49. The summed E-state index contributed by atoms with van der Waals surface area (Å²) in [7, 11) is 2.12. The van der Waals surface area contributed by atoms with Crippen LogP contribution in [0.4, 0.5) is 11.4 Å². The fourth-order valence-corrected chi connectivity index (χ4v) is 5.98. The number of hydrogen-bond donors (Lipinski definition) is 1. The normalized spacial score (nSPS) is 22.9. The van der Waals surface area contributed by atoms with Crippen molar-refractivity contribution in [2.24, 2.45) is 0 Å². The molecule has 1 saturated heterocycles. The van der Waals surface area contributed by atoms with Gasteiger partial charge in [-0.1, -0.05) is 65.2 Å². The molecule has 5 rings (SSSR count). The number of likely N-dealkylation sites (N-methyl/N-ethyl adjacent to an activating group) is 1. The van der Waals surface area contributed by atoms with Crippen molar-refractivity contribution in [3.8, 4) is 0 Å². The maximum atomic E-state index is 13.7. The van der Waals surface area contributed by atoms with E-state index in [0.29, 0.717) is 32.3 Å². The minimum atomic E-state index is -0.0687. The first-order valence-electron chi connectivity index (χ1n) is 11.8. The van der Waals surface area contributed by atoms with Crippen molar-refractivity contribution >= 4 is 46.4 Å². The molecule has 2 heterocycles. The quantitative estimate of drug-likeness (QED) is 0.445. The van der Waals surface area contributed by atoms with Crippen LogP contribution >= 0.6 is 23.2 Å². The van der Waals surface area contributed by atoms with Gasteiger partial charge in [0, 0.05) is 12.1 Å². The molecule has 5 nitrogen and oxygen atoms in total. The van der Waals surface area contributed by atoms with Gasteiger partial charge in [-0.3, -0.25) is 9.59 Å². The molecule has 0 aliphatic carbocycles. The maximum absolute atomic E-state index is 13.7. The summed E-state index contributed by atoms with van der Waals surface area (Å²) >= 11 is 12.6. The Hall–Kier alpha value is -2.86. The Bertz CT molecular complexity index is 1310. The lowest BCUT2D eigenvalue weighted by Crippen LogP contribution is -2.58. The van der Waals surface area contributed by atoms with E-state index >= 15 is 0 Å². The number of benzene rings is 3. The van der Waals surface area contributed by atoms with Crippen LogP contribution in [0.25, 0.3) is 0 Å². The molecule has 3 atom stereocenters. The van der Waals surface area contributed by atoms with Gasteiger partial charge < -0.3 is 14.7 Å². The Morgan fingerprint density at radius 3 is 2.49 bits per heavy atom. The molecule has 0 unspecified atom stereocenters. The predicted octanol–water partition coefficient (Wildman–Crippen LogP) is 5.90. The van der Waals surface area contributed by atoms with Gasteiger partial charge >= 0.3 is 0 Å².